The smallest absolute Gasteiger partial charge is 0.205 e. The highest BCUT2D eigenvalue weighted by Gasteiger charge is 2.44. The molecule has 2 aliphatic heterocycles. The molecule has 3 aromatic carbocycles. The van der Waals surface area contributed by atoms with E-state index < -0.39 is 12.0 Å². The monoisotopic (exact) mass is 429 g/mol. The molecule has 0 saturated carbocycles. The molecule has 2 aliphatic rings. The number of ether oxygens (including phenoxy) is 1. The molecule has 0 aromatic heterocycles. The van der Waals surface area contributed by atoms with Crippen molar-refractivity contribution in [2.75, 3.05) is 5.01 Å². The zero-order valence-corrected chi connectivity index (χ0v) is 17.6. The molecule has 0 radical (unpaired) electrons. The lowest BCUT2D eigenvalue weighted by molar-refractivity contribution is 0.293. The van der Waals surface area contributed by atoms with Crippen LogP contribution in [0.4, 0.5) is 5.69 Å². The van der Waals surface area contributed by atoms with Gasteiger partial charge in [0.1, 0.15) is 23.8 Å². The number of benzene rings is 3. The summed E-state index contributed by atoms with van der Waals surface area (Å²) in [5.74, 6) is -0.188. The SMILES string of the molecule is N#CC1=NN(c2ccccc2)C(c2ccccc2)C2=C1OC(N)=C(C#N)C2c1ccccc1. The molecule has 6 heteroatoms. The Hall–Kier alpha value is -4.81. The van der Waals surface area contributed by atoms with Crippen molar-refractivity contribution in [3.05, 3.63) is 125 Å². The molecule has 2 atom stereocenters. The van der Waals surface area contributed by atoms with Crippen molar-refractivity contribution in [1.29, 1.82) is 10.5 Å². The first-order valence-corrected chi connectivity index (χ1v) is 10.5. The van der Waals surface area contributed by atoms with Crippen LogP contribution in [0.3, 0.4) is 0 Å². The second-order valence-corrected chi connectivity index (χ2v) is 7.67. The van der Waals surface area contributed by atoms with Crippen LogP contribution in [0.5, 0.6) is 0 Å². The average Bonchev–Trinajstić information content (AvgIpc) is 2.88. The fourth-order valence-corrected chi connectivity index (χ4v) is 4.39. The van der Waals surface area contributed by atoms with Gasteiger partial charge in [-0.15, -0.1) is 0 Å². The third-order valence-electron chi connectivity index (χ3n) is 5.80. The van der Waals surface area contributed by atoms with Crippen molar-refractivity contribution >= 4 is 11.4 Å². The fourth-order valence-electron chi connectivity index (χ4n) is 4.39. The highest BCUT2D eigenvalue weighted by Crippen LogP contribution is 2.50. The Morgan fingerprint density at radius 1 is 0.788 bits per heavy atom. The largest absolute Gasteiger partial charge is 0.437 e. The van der Waals surface area contributed by atoms with Crippen LogP contribution in [-0.2, 0) is 4.74 Å². The normalized spacial score (nSPS) is 19.7. The van der Waals surface area contributed by atoms with Crippen molar-refractivity contribution in [3.63, 3.8) is 0 Å². The fraction of sp³-hybridized carbons (Fsp3) is 0.0741. The van der Waals surface area contributed by atoms with E-state index in [-0.39, 0.29) is 11.6 Å². The molecule has 0 spiro atoms. The topological polar surface area (TPSA) is 98.4 Å². The van der Waals surface area contributed by atoms with Crippen LogP contribution in [0.15, 0.2) is 119 Å². The van der Waals surface area contributed by atoms with Gasteiger partial charge in [0, 0.05) is 5.57 Å². The molecule has 3 aromatic rings. The molecule has 0 amide bonds. The second kappa shape index (κ2) is 8.37. The van der Waals surface area contributed by atoms with Gasteiger partial charge in [-0.05, 0) is 23.3 Å². The van der Waals surface area contributed by atoms with Crippen LogP contribution in [0.25, 0.3) is 0 Å². The second-order valence-electron chi connectivity index (χ2n) is 7.67. The Labute approximate surface area is 191 Å². The predicted molar refractivity (Wildman–Crippen MR) is 125 cm³/mol. The maximum Gasteiger partial charge on any atom is 0.205 e. The number of anilines is 1. The maximum absolute atomic E-state index is 10.0. The lowest BCUT2D eigenvalue weighted by Crippen LogP contribution is -2.38. The van der Waals surface area contributed by atoms with E-state index in [0.29, 0.717) is 11.3 Å². The van der Waals surface area contributed by atoms with Gasteiger partial charge in [-0.2, -0.15) is 15.6 Å². The molecule has 0 fully saturated rings. The van der Waals surface area contributed by atoms with E-state index in [4.69, 9.17) is 10.5 Å². The Morgan fingerprint density at radius 3 is 1.94 bits per heavy atom. The standard InChI is InChI=1S/C27H19N5O/c28-16-21-23(18-10-4-1-5-11-18)24-25(19-12-6-2-7-13-19)32(20-14-8-3-9-15-20)31-22(17-29)26(24)33-27(21)30/h1-15,23,25H,30H2. The Bertz CT molecular complexity index is 1360. The number of para-hydroxylation sites is 1. The molecular formula is C27H19N5O. The number of nitrogens with zero attached hydrogens (tertiary/aromatic N) is 4. The van der Waals surface area contributed by atoms with Gasteiger partial charge in [0.25, 0.3) is 0 Å². The summed E-state index contributed by atoms with van der Waals surface area (Å²) in [6.45, 7) is 0. The Morgan fingerprint density at radius 2 is 1.36 bits per heavy atom. The number of rotatable bonds is 3. The highest BCUT2D eigenvalue weighted by atomic mass is 16.5. The summed E-state index contributed by atoms with van der Waals surface area (Å²) in [5, 5.41) is 26.5. The number of nitrogens with two attached hydrogens (primary N) is 1. The van der Waals surface area contributed by atoms with Crippen molar-refractivity contribution in [3.8, 4) is 12.1 Å². The van der Waals surface area contributed by atoms with Crippen molar-refractivity contribution < 1.29 is 4.74 Å². The Balaban J connectivity index is 1.81. The van der Waals surface area contributed by atoms with E-state index in [0.717, 1.165) is 22.4 Å². The van der Waals surface area contributed by atoms with Gasteiger partial charge in [0.15, 0.2) is 5.76 Å². The van der Waals surface area contributed by atoms with Crippen LogP contribution in [-0.4, -0.2) is 5.71 Å². The first-order chi connectivity index (χ1) is 16.2. The molecule has 0 bridgehead atoms. The number of hydrogen-bond donors (Lipinski definition) is 1. The number of nitriles is 2. The zero-order valence-electron chi connectivity index (χ0n) is 17.6. The molecule has 2 unspecified atom stereocenters. The number of hydrazone groups is 1. The quantitative estimate of drug-likeness (QED) is 0.639. The molecule has 0 aliphatic carbocycles. The summed E-state index contributed by atoms with van der Waals surface area (Å²) in [6.07, 6.45) is 0. The minimum absolute atomic E-state index is 0.00646. The molecule has 33 heavy (non-hydrogen) atoms. The minimum atomic E-state index is -0.491. The van der Waals surface area contributed by atoms with E-state index in [2.05, 4.69) is 17.2 Å². The van der Waals surface area contributed by atoms with Gasteiger partial charge in [-0.25, -0.2) is 0 Å². The summed E-state index contributed by atoms with van der Waals surface area (Å²) >= 11 is 0. The summed E-state index contributed by atoms with van der Waals surface area (Å²) < 4.78 is 5.92. The zero-order chi connectivity index (χ0) is 22.8. The molecule has 2 heterocycles. The van der Waals surface area contributed by atoms with Crippen LogP contribution < -0.4 is 10.7 Å². The van der Waals surface area contributed by atoms with Crippen LogP contribution >= 0.6 is 0 Å². The van der Waals surface area contributed by atoms with Gasteiger partial charge in [0.2, 0.25) is 11.6 Å². The minimum Gasteiger partial charge on any atom is -0.437 e. The van der Waals surface area contributed by atoms with E-state index in [1.165, 1.54) is 0 Å². The van der Waals surface area contributed by atoms with E-state index >= 15 is 0 Å². The summed E-state index contributed by atoms with van der Waals surface area (Å²) in [7, 11) is 0. The van der Waals surface area contributed by atoms with E-state index in [1.54, 1.807) is 0 Å². The first kappa shape index (κ1) is 20.1. The molecule has 5 rings (SSSR count). The van der Waals surface area contributed by atoms with Gasteiger partial charge in [0.05, 0.1) is 11.6 Å². The van der Waals surface area contributed by atoms with Crippen molar-refractivity contribution in [1.82, 2.24) is 0 Å². The molecule has 6 nitrogen and oxygen atoms in total. The molecular weight excluding hydrogens is 410 g/mol. The average molecular weight is 429 g/mol. The highest BCUT2D eigenvalue weighted by molar-refractivity contribution is 6.12. The van der Waals surface area contributed by atoms with Gasteiger partial charge < -0.3 is 10.5 Å². The third-order valence-corrected chi connectivity index (χ3v) is 5.80. The lowest BCUT2D eigenvalue weighted by atomic mass is 9.76. The van der Waals surface area contributed by atoms with Crippen molar-refractivity contribution in [2.24, 2.45) is 10.8 Å². The molecule has 158 valence electrons. The van der Waals surface area contributed by atoms with Crippen LogP contribution in [0.2, 0.25) is 0 Å². The number of allylic oxidation sites excluding steroid dienone is 2. The predicted octanol–water partition coefficient (Wildman–Crippen LogP) is 4.89. The van der Waals surface area contributed by atoms with Gasteiger partial charge in [-0.1, -0.05) is 78.9 Å². The molecule has 2 N–H and O–H groups in total. The third kappa shape index (κ3) is 3.40. The van der Waals surface area contributed by atoms with Crippen LogP contribution in [0.1, 0.15) is 23.1 Å². The summed E-state index contributed by atoms with van der Waals surface area (Å²) in [6, 6.07) is 33.2. The van der Waals surface area contributed by atoms with E-state index in [1.807, 2.05) is 96.0 Å². The van der Waals surface area contributed by atoms with Crippen LogP contribution in [0, 0.1) is 22.7 Å². The maximum atomic E-state index is 10.0. The van der Waals surface area contributed by atoms with Crippen molar-refractivity contribution in [2.45, 2.75) is 12.0 Å². The van der Waals surface area contributed by atoms with Gasteiger partial charge in [-0.3, -0.25) is 5.01 Å². The Kier molecular flexibility index (Phi) is 5.10. The summed E-state index contributed by atoms with van der Waals surface area (Å²) in [4.78, 5) is 0. The van der Waals surface area contributed by atoms with Gasteiger partial charge >= 0.3 is 0 Å². The summed E-state index contributed by atoms with van der Waals surface area (Å²) in [5.41, 5.74) is 10.0. The lowest BCUT2D eigenvalue weighted by Gasteiger charge is -2.41. The molecule has 0 saturated heterocycles. The number of hydrogen-bond acceptors (Lipinski definition) is 6. The van der Waals surface area contributed by atoms with E-state index in [9.17, 15) is 10.5 Å². The first-order valence-electron chi connectivity index (χ1n) is 10.5.